The van der Waals surface area contributed by atoms with Crippen LogP contribution in [0, 0.1) is 5.82 Å². The summed E-state index contributed by atoms with van der Waals surface area (Å²) in [7, 11) is 0. The average Bonchev–Trinajstić information content (AvgIpc) is 2.31. The summed E-state index contributed by atoms with van der Waals surface area (Å²) in [5.41, 5.74) is 2.99. The molecule has 0 saturated carbocycles. The maximum Gasteiger partial charge on any atom is 0.210 e. The zero-order valence-electron chi connectivity index (χ0n) is 9.63. The normalized spacial score (nSPS) is 11.4. The van der Waals surface area contributed by atoms with Crippen LogP contribution in [0.5, 0.6) is 0 Å². The Bertz CT molecular complexity index is 395. The summed E-state index contributed by atoms with van der Waals surface area (Å²) in [5, 5.41) is 3.18. The molecule has 0 radical (unpaired) electrons. The lowest BCUT2D eigenvalue weighted by Crippen LogP contribution is -2.36. The number of aliphatic imine (C=N–C) groups is 1. The molecular formula is C11H16ClFN4. The van der Waals surface area contributed by atoms with E-state index >= 15 is 0 Å². The lowest BCUT2D eigenvalue weighted by molar-refractivity contribution is 0.628. The van der Waals surface area contributed by atoms with Crippen molar-refractivity contribution < 1.29 is 4.39 Å². The molecule has 0 unspecified atom stereocenters. The van der Waals surface area contributed by atoms with Crippen molar-refractivity contribution >= 4 is 23.2 Å². The van der Waals surface area contributed by atoms with Crippen molar-refractivity contribution in [1.29, 1.82) is 0 Å². The number of hydrogen-bond acceptors (Lipinski definition) is 2. The Morgan fingerprint density at radius 2 is 2.29 bits per heavy atom. The number of nitrogens with two attached hydrogens (primary N) is 1. The minimum atomic E-state index is -0.384. The summed E-state index contributed by atoms with van der Waals surface area (Å²) in [4.78, 5) is 4.21. The second-order valence-electron chi connectivity index (χ2n) is 3.48. The van der Waals surface area contributed by atoms with Gasteiger partial charge in [-0.15, -0.1) is 0 Å². The molecule has 0 saturated heterocycles. The zero-order chi connectivity index (χ0) is 12.7. The van der Waals surface area contributed by atoms with Crippen LogP contribution < -0.4 is 16.6 Å². The molecule has 0 fully saturated rings. The Labute approximate surface area is 105 Å². The lowest BCUT2D eigenvalue weighted by atomic mass is 10.3. The first-order valence-electron chi connectivity index (χ1n) is 5.40. The van der Waals surface area contributed by atoms with Crippen LogP contribution in [0.15, 0.2) is 23.2 Å². The van der Waals surface area contributed by atoms with Gasteiger partial charge in [0.1, 0.15) is 5.82 Å². The number of rotatable bonds is 4. The molecule has 0 aliphatic rings. The fourth-order valence-electron chi connectivity index (χ4n) is 1.19. The van der Waals surface area contributed by atoms with Crippen molar-refractivity contribution in [2.45, 2.75) is 19.8 Å². The molecule has 0 aliphatic heterocycles. The Hall–Kier alpha value is -1.33. The summed E-state index contributed by atoms with van der Waals surface area (Å²) in [6.07, 6.45) is 2.03. The number of nitrogens with one attached hydrogen (secondary N) is 2. The van der Waals surface area contributed by atoms with Gasteiger partial charge in [0, 0.05) is 6.54 Å². The number of guanidine groups is 1. The standard InChI is InChI=1S/C11H16ClFN4/c1-2-3-6-15-11(17-14)16-10-5-4-8(13)7-9(10)12/h4-5,7H,2-3,6,14H2,1H3,(H2,15,16,17). The van der Waals surface area contributed by atoms with E-state index in [1.54, 1.807) is 0 Å². The third-order valence-corrected chi connectivity index (χ3v) is 2.42. The van der Waals surface area contributed by atoms with Crippen molar-refractivity contribution in [2.75, 3.05) is 11.9 Å². The predicted octanol–water partition coefficient (Wildman–Crippen LogP) is 2.51. The molecule has 4 N–H and O–H groups in total. The number of halogens is 2. The van der Waals surface area contributed by atoms with Crippen LogP contribution >= 0.6 is 11.6 Å². The largest absolute Gasteiger partial charge is 0.324 e. The van der Waals surface area contributed by atoms with E-state index in [2.05, 4.69) is 22.7 Å². The van der Waals surface area contributed by atoms with Crippen molar-refractivity contribution in [1.82, 2.24) is 5.43 Å². The number of benzene rings is 1. The van der Waals surface area contributed by atoms with Crippen molar-refractivity contribution in [3.63, 3.8) is 0 Å². The van der Waals surface area contributed by atoms with Crippen LogP contribution in [0.4, 0.5) is 10.1 Å². The maximum absolute atomic E-state index is 12.8. The number of anilines is 1. The molecule has 0 aliphatic carbocycles. The first kappa shape index (κ1) is 13.7. The van der Waals surface area contributed by atoms with E-state index in [9.17, 15) is 4.39 Å². The molecular weight excluding hydrogens is 243 g/mol. The number of nitrogens with zero attached hydrogens (tertiary/aromatic N) is 1. The summed E-state index contributed by atoms with van der Waals surface area (Å²) in [5.74, 6) is 5.35. The van der Waals surface area contributed by atoms with Crippen LogP contribution in [0.25, 0.3) is 0 Å². The van der Waals surface area contributed by atoms with Crippen LogP contribution in [0.1, 0.15) is 19.8 Å². The van der Waals surface area contributed by atoms with Gasteiger partial charge < -0.3 is 5.32 Å². The molecule has 0 spiro atoms. The van der Waals surface area contributed by atoms with Crippen LogP contribution in [0.2, 0.25) is 5.02 Å². The molecule has 0 bridgehead atoms. The average molecular weight is 259 g/mol. The summed E-state index contributed by atoms with van der Waals surface area (Å²) in [6.45, 7) is 2.75. The van der Waals surface area contributed by atoms with Gasteiger partial charge in [0.2, 0.25) is 5.96 Å². The van der Waals surface area contributed by atoms with E-state index in [-0.39, 0.29) is 10.8 Å². The van der Waals surface area contributed by atoms with E-state index in [1.807, 2.05) is 0 Å². The topological polar surface area (TPSA) is 62.4 Å². The van der Waals surface area contributed by atoms with E-state index in [4.69, 9.17) is 17.4 Å². The minimum absolute atomic E-state index is 0.281. The summed E-state index contributed by atoms with van der Waals surface area (Å²) < 4.78 is 12.8. The molecule has 0 aromatic heterocycles. The Morgan fingerprint density at radius 3 is 2.88 bits per heavy atom. The van der Waals surface area contributed by atoms with E-state index < -0.39 is 0 Å². The monoisotopic (exact) mass is 258 g/mol. The molecule has 4 nitrogen and oxygen atoms in total. The molecule has 6 heteroatoms. The zero-order valence-corrected chi connectivity index (χ0v) is 10.4. The molecule has 1 aromatic carbocycles. The number of hydrogen-bond donors (Lipinski definition) is 3. The fraction of sp³-hybridized carbons (Fsp3) is 0.364. The van der Waals surface area contributed by atoms with Gasteiger partial charge in [-0.05, 0) is 24.6 Å². The predicted molar refractivity (Wildman–Crippen MR) is 69.6 cm³/mol. The third-order valence-electron chi connectivity index (χ3n) is 2.10. The summed E-state index contributed by atoms with van der Waals surface area (Å²) in [6, 6.07) is 4.07. The highest BCUT2D eigenvalue weighted by atomic mass is 35.5. The van der Waals surface area contributed by atoms with Crippen LogP contribution in [-0.2, 0) is 0 Å². The molecule has 0 atom stereocenters. The Morgan fingerprint density at radius 1 is 1.53 bits per heavy atom. The second-order valence-corrected chi connectivity index (χ2v) is 3.88. The van der Waals surface area contributed by atoms with E-state index in [0.717, 1.165) is 12.8 Å². The fourth-order valence-corrected chi connectivity index (χ4v) is 1.40. The quantitative estimate of drug-likeness (QED) is 0.256. The SMILES string of the molecule is CCCCN=C(NN)Nc1ccc(F)cc1Cl. The highest BCUT2D eigenvalue weighted by molar-refractivity contribution is 6.33. The molecule has 1 aromatic rings. The van der Waals surface area contributed by atoms with Gasteiger partial charge in [-0.2, -0.15) is 0 Å². The number of hydrazine groups is 1. The van der Waals surface area contributed by atoms with Gasteiger partial charge in [-0.3, -0.25) is 10.4 Å². The Kier molecular flexibility index (Phi) is 5.72. The van der Waals surface area contributed by atoms with Gasteiger partial charge in [-0.25, -0.2) is 10.2 Å². The number of unbranched alkanes of at least 4 members (excludes halogenated alkanes) is 1. The van der Waals surface area contributed by atoms with Gasteiger partial charge >= 0.3 is 0 Å². The maximum atomic E-state index is 12.8. The summed E-state index contributed by atoms with van der Waals surface area (Å²) >= 11 is 5.87. The van der Waals surface area contributed by atoms with Crippen LogP contribution in [-0.4, -0.2) is 12.5 Å². The molecule has 0 heterocycles. The molecule has 94 valence electrons. The van der Waals surface area contributed by atoms with E-state index in [0.29, 0.717) is 18.2 Å². The van der Waals surface area contributed by atoms with Gasteiger partial charge in [0.15, 0.2) is 0 Å². The molecule has 1 rings (SSSR count). The minimum Gasteiger partial charge on any atom is -0.324 e. The lowest BCUT2D eigenvalue weighted by Gasteiger charge is -2.10. The van der Waals surface area contributed by atoms with Crippen molar-refractivity contribution in [3.8, 4) is 0 Å². The van der Waals surface area contributed by atoms with Gasteiger partial charge in [-0.1, -0.05) is 24.9 Å². The van der Waals surface area contributed by atoms with Crippen LogP contribution in [0.3, 0.4) is 0 Å². The first-order chi connectivity index (χ1) is 8.17. The second kappa shape index (κ2) is 7.09. The highest BCUT2D eigenvalue weighted by Gasteiger charge is 2.03. The first-order valence-corrected chi connectivity index (χ1v) is 5.78. The van der Waals surface area contributed by atoms with Crippen molar-refractivity contribution in [2.24, 2.45) is 10.8 Å². The molecule has 0 amide bonds. The van der Waals surface area contributed by atoms with E-state index in [1.165, 1.54) is 18.2 Å². The highest BCUT2D eigenvalue weighted by Crippen LogP contribution is 2.22. The van der Waals surface area contributed by atoms with Crippen molar-refractivity contribution in [3.05, 3.63) is 29.0 Å². The smallest absolute Gasteiger partial charge is 0.210 e. The van der Waals surface area contributed by atoms with Gasteiger partial charge in [0.25, 0.3) is 0 Å². The molecule has 17 heavy (non-hydrogen) atoms. The van der Waals surface area contributed by atoms with Gasteiger partial charge in [0.05, 0.1) is 10.7 Å². The third kappa shape index (κ3) is 4.58. The Balaban J connectivity index is 2.70.